The zero-order chi connectivity index (χ0) is 27.2. The van der Waals surface area contributed by atoms with E-state index in [2.05, 4.69) is 24.3 Å². The van der Waals surface area contributed by atoms with Crippen LogP contribution < -0.4 is 0 Å². The average Bonchev–Trinajstić information content (AvgIpc) is 3.44. The fourth-order valence-electron chi connectivity index (χ4n) is 5.30. The summed E-state index contributed by atoms with van der Waals surface area (Å²) in [6.07, 6.45) is 2.01. The molecule has 6 heteroatoms. The van der Waals surface area contributed by atoms with Gasteiger partial charge >= 0.3 is 0 Å². The minimum absolute atomic E-state index is 0.611. The Morgan fingerprint density at radius 1 is 0.415 bits per heavy atom. The molecule has 8 rings (SSSR count). The van der Waals surface area contributed by atoms with Crippen molar-refractivity contribution < 1.29 is 0 Å². The molecule has 0 radical (unpaired) electrons. The van der Waals surface area contributed by atoms with Crippen LogP contribution in [0.4, 0.5) is 0 Å². The summed E-state index contributed by atoms with van der Waals surface area (Å²) in [7, 11) is 0. The lowest BCUT2D eigenvalue weighted by atomic mass is 10.0. The van der Waals surface area contributed by atoms with Crippen LogP contribution in [0.1, 0.15) is 0 Å². The minimum atomic E-state index is 0.611. The van der Waals surface area contributed by atoms with Gasteiger partial charge in [0.15, 0.2) is 23.1 Å². The Kier molecular flexibility index (Phi) is 5.35. The van der Waals surface area contributed by atoms with Gasteiger partial charge in [-0.1, -0.05) is 109 Å². The molecule has 0 aliphatic heterocycles. The molecule has 0 atom stereocenters. The molecule has 0 spiro atoms. The first-order valence-electron chi connectivity index (χ1n) is 13.5. The largest absolute Gasteiger partial charge is 0.284 e. The van der Waals surface area contributed by atoms with E-state index in [4.69, 9.17) is 24.9 Å². The fraction of sp³-hybridized carbons (Fsp3) is 0. The molecule has 4 aromatic heterocycles. The lowest BCUT2D eigenvalue weighted by molar-refractivity contribution is 1.07. The number of hydrogen-bond donors (Lipinski definition) is 0. The van der Waals surface area contributed by atoms with E-state index >= 15 is 0 Å². The summed E-state index contributed by atoms with van der Waals surface area (Å²) in [4.78, 5) is 24.7. The number of imidazole rings is 1. The van der Waals surface area contributed by atoms with Crippen molar-refractivity contribution in [2.45, 2.75) is 0 Å². The molecule has 0 saturated heterocycles. The summed E-state index contributed by atoms with van der Waals surface area (Å²) in [6.45, 7) is 0. The number of pyridine rings is 2. The van der Waals surface area contributed by atoms with Crippen molar-refractivity contribution in [2.75, 3.05) is 0 Å². The van der Waals surface area contributed by atoms with Crippen molar-refractivity contribution >= 4 is 27.6 Å². The van der Waals surface area contributed by atoms with Gasteiger partial charge in [-0.3, -0.25) is 4.40 Å². The van der Waals surface area contributed by atoms with Crippen LogP contribution in [0.15, 0.2) is 134 Å². The molecule has 0 amide bonds. The van der Waals surface area contributed by atoms with Crippen LogP contribution in [-0.2, 0) is 0 Å². The molecule has 192 valence electrons. The van der Waals surface area contributed by atoms with Crippen LogP contribution in [-0.4, -0.2) is 29.3 Å². The lowest BCUT2D eigenvalue weighted by Gasteiger charge is -2.11. The van der Waals surface area contributed by atoms with Crippen molar-refractivity contribution in [3.8, 4) is 45.4 Å². The Bertz CT molecular complexity index is 2150. The molecule has 0 saturated carbocycles. The molecule has 6 nitrogen and oxygen atoms in total. The summed E-state index contributed by atoms with van der Waals surface area (Å²) >= 11 is 0. The van der Waals surface area contributed by atoms with E-state index in [1.807, 2.05) is 114 Å². The van der Waals surface area contributed by atoms with Crippen LogP contribution in [0, 0.1) is 0 Å². The SMILES string of the molecule is c1ccc(-c2nc(-c3ccccc3)nc(-c3cccc(-c4nc5c(nc6ccccn65)c5ccccc45)c3)n2)cc1. The maximum atomic E-state index is 5.17. The molecular formula is C35H22N6. The second kappa shape index (κ2) is 9.47. The Labute approximate surface area is 235 Å². The molecule has 0 N–H and O–H groups in total. The predicted molar refractivity (Wildman–Crippen MR) is 163 cm³/mol. The number of fused-ring (bicyclic) bond motifs is 5. The first kappa shape index (κ1) is 23.2. The van der Waals surface area contributed by atoms with E-state index in [1.165, 1.54) is 0 Å². The molecule has 41 heavy (non-hydrogen) atoms. The lowest BCUT2D eigenvalue weighted by Crippen LogP contribution is -2.00. The summed E-state index contributed by atoms with van der Waals surface area (Å²) in [5.74, 6) is 1.88. The standard InChI is InChI=1S/C35H22N6/c1-3-12-23(13-4-1)32-38-33(24-14-5-2-6-15-24)40-34(39-32)26-17-11-16-25(22-26)30-27-18-7-8-19-28(27)31-35(37-30)41-21-10-9-20-29(41)36-31/h1-22H. The number of hydrogen-bond acceptors (Lipinski definition) is 5. The first-order chi connectivity index (χ1) is 20.3. The van der Waals surface area contributed by atoms with Gasteiger partial charge in [0.05, 0.1) is 5.69 Å². The van der Waals surface area contributed by atoms with Crippen molar-refractivity contribution in [1.29, 1.82) is 0 Å². The molecule has 0 unspecified atom stereocenters. The predicted octanol–water partition coefficient (Wildman–Crippen LogP) is 7.89. The van der Waals surface area contributed by atoms with Gasteiger partial charge in [0.25, 0.3) is 0 Å². The molecule has 0 bridgehead atoms. The van der Waals surface area contributed by atoms with Gasteiger partial charge in [-0.05, 0) is 18.2 Å². The summed E-state index contributed by atoms with van der Waals surface area (Å²) < 4.78 is 2.04. The van der Waals surface area contributed by atoms with Crippen molar-refractivity contribution in [1.82, 2.24) is 29.3 Å². The molecule has 0 aliphatic carbocycles. The van der Waals surface area contributed by atoms with Crippen LogP contribution >= 0.6 is 0 Å². The quantitative estimate of drug-likeness (QED) is 0.233. The zero-order valence-electron chi connectivity index (χ0n) is 21.9. The Balaban J connectivity index is 1.34. The number of benzene rings is 4. The highest BCUT2D eigenvalue weighted by molar-refractivity contribution is 6.09. The van der Waals surface area contributed by atoms with Gasteiger partial charge in [0.2, 0.25) is 0 Å². The van der Waals surface area contributed by atoms with Gasteiger partial charge < -0.3 is 0 Å². The van der Waals surface area contributed by atoms with Crippen molar-refractivity contribution in [2.24, 2.45) is 0 Å². The zero-order valence-corrected chi connectivity index (χ0v) is 21.9. The Morgan fingerprint density at radius 2 is 0.976 bits per heavy atom. The molecule has 0 aliphatic rings. The van der Waals surface area contributed by atoms with E-state index in [9.17, 15) is 0 Å². The van der Waals surface area contributed by atoms with Gasteiger partial charge in [-0.25, -0.2) is 24.9 Å². The molecule has 4 aromatic carbocycles. The third kappa shape index (κ3) is 4.01. The van der Waals surface area contributed by atoms with Gasteiger partial charge in [0.1, 0.15) is 11.2 Å². The fourth-order valence-corrected chi connectivity index (χ4v) is 5.30. The Hall–Kier alpha value is -5.75. The van der Waals surface area contributed by atoms with E-state index in [0.717, 1.165) is 55.5 Å². The van der Waals surface area contributed by atoms with E-state index in [1.54, 1.807) is 0 Å². The van der Waals surface area contributed by atoms with Crippen molar-refractivity contribution in [3.63, 3.8) is 0 Å². The number of aromatic nitrogens is 6. The molecule has 4 heterocycles. The summed E-state index contributed by atoms with van der Waals surface area (Å²) in [6, 6.07) is 42.6. The van der Waals surface area contributed by atoms with Crippen LogP contribution in [0.2, 0.25) is 0 Å². The number of rotatable bonds is 4. The van der Waals surface area contributed by atoms with E-state index < -0.39 is 0 Å². The highest BCUT2D eigenvalue weighted by Crippen LogP contribution is 2.34. The van der Waals surface area contributed by atoms with Crippen molar-refractivity contribution in [3.05, 3.63) is 134 Å². The third-order valence-electron chi connectivity index (χ3n) is 7.25. The monoisotopic (exact) mass is 526 g/mol. The maximum absolute atomic E-state index is 5.17. The molecular weight excluding hydrogens is 504 g/mol. The van der Waals surface area contributed by atoms with Crippen LogP contribution in [0.3, 0.4) is 0 Å². The molecule has 0 fully saturated rings. The topological polar surface area (TPSA) is 68.9 Å². The number of nitrogens with zero attached hydrogens (tertiary/aromatic N) is 6. The van der Waals surface area contributed by atoms with E-state index in [-0.39, 0.29) is 0 Å². The van der Waals surface area contributed by atoms with Gasteiger partial charge in [-0.2, -0.15) is 0 Å². The maximum Gasteiger partial charge on any atom is 0.165 e. The molecule has 8 aromatic rings. The summed E-state index contributed by atoms with van der Waals surface area (Å²) in [5.41, 5.74) is 7.24. The highest BCUT2D eigenvalue weighted by atomic mass is 15.1. The van der Waals surface area contributed by atoms with Crippen LogP contribution in [0.25, 0.3) is 73.0 Å². The summed E-state index contributed by atoms with van der Waals surface area (Å²) in [5, 5.41) is 2.12. The normalized spacial score (nSPS) is 11.4. The van der Waals surface area contributed by atoms with Gasteiger partial charge in [-0.15, -0.1) is 0 Å². The van der Waals surface area contributed by atoms with E-state index in [0.29, 0.717) is 17.5 Å². The second-order valence-corrected chi connectivity index (χ2v) is 9.84. The smallest absolute Gasteiger partial charge is 0.165 e. The highest BCUT2D eigenvalue weighted by Gasteiger charge is 2.17. The third-order valence-corrected chi connectivity index (χ3v) is 7.25. The Morgan fingerprint density at radius 3 is 1.68 bits per heavy atom. The average molecular weight is 527 g/mol. The van der Waals surface area contributed by atoms with Gasteiger partial charge in [0, 0.05) is 39.2 Å². The minimum Gasteiger partial charge on any atom is -0.284 e. The van der Waals surface area contributed by atoms with Crippen LogP contribution in [0.5, 0.6) is 0 Å². The second-order valence-electron chi connectivity index (χ2n) is 9.84. The first-order valence-corrected chi connectivity index (χ1v) is 13.5.